The van der Waals surface area contributed by atoms with Crippen LogP contribution in [0.5, 0.6) is 0 Å². The van der Waals surface area contributed by atoms with Crippen molar-refractivity contribution < 1.29 is 26.3 Å². The van der Waals surface area contributed by atoms with Gasteiger partial charge < -0.3 is 10.1 Å². The van der Waals surface area contributed by atoms with Crippen LogP contribution in [-0.4, -0.2) is 41.8 Å². The molecule has 5 nitrogen and oxygen atoms in total. The molecular weight excluding hydrogens is 333 g/mol. The van der Waals surface area contributed by atoms with Crippen LogP contribution in [0.3, 0.4) is 0 Å². The summed E-state index contributed by atoms with van der Waals surface area (Å²) >= 11 is 0. The fraction of sp³-hybridized carbons (Fsp3) is 0.571. The fourth-order valence-electron chi connectivity index (χ4n) is 2.68. The number of nitrogens with one attached hydrogen (secondary N) is 2. The molecular formula is C14H19F3N2O3S. The Hall–Kier alpha value is -1.16. The highest BCUT2D eigenvalue weighted by Crippen LogP contribution is 2.29. The van der Waals surface area contributed by atoms with Crippen molar-refractivity contribution in [2.24, 2.45) is 5.41 Å². The molecule has 0 aliphatic carbocycles. The quantitative estimate of drug-likeness (QED) is 0.760. The Bertz CT molecular complexity index is 656. The van der Waals surface area contributed by atoms with Crippen LogP contribution in [0.15, 0.2) is 17.0 Å². The number of benzene rings is 1. The van der Waals surface area contributed by atoms with Crippen LogP contribution in [0.25, 0.3) is 0 Å². The highest BCUT2D eigenvalue weighted by Gasteiger charge is 2.34. The van der Waals surface area contributed by atoms with E-state index in [0.717, 1.165) is 0 Å². The molecule has 9 heteroatoms. The number of hydrogen-bond donors (Lipinski definition) is 2. The second kappa shape index (κ2) is 7.16. The molecule has 23 heavy (non-hydrogen) atoms. The van der Waals surface area contributed by atoms with Gasteiger partial charge in [-0.15, -0.1) is 0 Å². The Morgan fingerprint density at radius 2 is 1.87 bits per heavy atom. The molecule has 1 aliphatic rings. The van der Waals surface area contributed by atoms with E-state index in [1.54, 1.807) is 0 Å². The van der Waals surface area contributed by atoms with Gasteiger partial charge in [0.2, 0.25) is 10.0 Å². The molecule has 1 aliphatic heterocycles. The van der Waals surface area contributed by atoms with Gasteiger partial charge in [0, 0.05) is 19.1 Å². The third kappa shape index (κ3) is 4.03. The molecule has 2 rings (SSSR count). The van der Waals surface area contributed by atoms with Crippen LogP contribution in [-0.2, 0) is 14.8 Å². The standard InChI is InChI=1S/C14H19F3N2O3S/c1-22-9-14(4-6-18-7-5-14)8-19-23(20,21)11-3-2-10(15)12(16)13(11)17/h2-3,18-19H,4-9H2,1H3. The van der Waals surface area contributed by atoms with Gasteiger partial charge in [0.15, 0.2) is 17.5 Å². The van der Waals surface area contributed by atoms with Gasteiger partial charge in [0.25, 0.3) is 0 Å². The van der Waals surface area contributed by atoms with Crippen LogP contribution in [0.4, 0.5) is 13.2 Å². The summed E-state index contributed by atoms with van der Waals surface area (Å²) in [7, 11) is -2.77. The van der Waals surface area contributed by atoms with E-state index < -0.39 is 37.8 Å². The minimum absolute atomic E-state index is 0.0310. The number of halogens is 3. The molecule has 0 radical (unpaired) electrons. The van der Waals surface area contributed by atoms with Gasteiger partial charge in [0.1, 0.15) is 4.90 Å². The van der Waals surface area contributed by atoms with Crippen molar-refractivity contribution in [1.29, 1.82) is 0 Å². The summed E-state index contributed by atoms with van der Waals surface area (Å²) in [4.78, 5) is -0.905. The number of ether oxygens (including phenoxy) is 1. The minimum Gasteiger partial charge on any atom is -0.384 e. The van der Waals surface area contributed by atoms with Crippen molar-refractivity contribution in [2.75, 3.05) is 33.4 Å². The van der Waals surface area contributed by atoms with Gasteiger partial charge in [-0.05, 0) is 38.1 Å². The van der Waals surface area contributed by atoms with E-state index in [4.69, 9.17) is 4.74 Å². The van der Waals surface area contributed by atoms with E-state index in [1.807, 2.05) is 0 Å². The van der Waals surface area contributed by atoms with Crippen molar-refractivity contribution >= 4 is 10.0 Å². The summed E-state index contributed by atoms with van der Waals surface area (Å²) < 4.78 is 71.8. The first-order valence-electron chi connectivity index (χ1n) is 7.14. The molecule has 0 atom stereocenters. The van der Waals surface area contributed by atoms with Crippen LogP contribution in [0.1, 0.15) is 12.8 Å². The van der Waals surface area contributed by atoms with E-state index in [1.165, 1.54) is 7.11 Å². The molecule has 1 aromatic carbocycles. The molecule has 1 fully saturated rings. The maximum Gasteiger partial charge on any atom is 0.243 e. The molecule has 1 aromatic rings. The summed E-state index contributed by atoms with van der Waals surface area (Å²) in [6.45, 7) is 1.80. The van der Waals surface area contributed by atoms with Gasteiger partial charge in [-0.25, -0.2) is 26.3 Å². The maximum atomic E-state index is 13.7. The molecule has 0 amide bonds. The van der Waals surface area contributed by atoms with Crippen molar-refractivity contribution in [2.45, 2.75) is 17.7 Å². The third-order valence-electron chi connectivity index (χ3n) is 4.04. The van der Waals surface area contributed by atoms with Crippen LogP contribution >= 0.6 is 0 Å². The maximum absolute atomic E-state index is 13.7. The Labute approximate surface area is 133 Å². The third-order valence-corrected chi connectivity index (χ3v) is 5.46. The highest BCUT2D eigenvalue weighted by atomic mass is 32.2. The predicted molar refractivity (Wildman–Crippen MR) is 77.9 cm³/mol. The van der Waals surface area contributed by atoms with Gasteiger partial charge in [0.05, 0.1) is 6.61 Å². The van der Waals surface area contributed by atoms with Gasteiger partial charge >= 0.3 is 0 Å². The Balaban J connectivity index is 2.19. The SMILES string of the molecule is COCC1(CNS(=O)(=O)c2ccc(F)c(F)c2F)CCNCC1. The van der Waals surface area contributed by atoms with E-state index in [9.17, 15) is 21.6 Å². The Morgan fingerprint density at radius 3 is 2.48 bits per heavy atom. The Kier molecular flexibility index (Phi) is 5.66. The topological polar surface area (TPSA) is 67.4 Å². The minimum atomic E-state index is -4.29. The summed E-state index contributed by atoms with van der Waals surface area (Å²) in [5.41, 5.74) is -0.415. The summed E-state index contributed by atoms with van der Waals surface area (Å²) in [6, 6.07) is 1.30. The lowest BCUT2D eigenvalue weighted by molar-refractivity contribution is 0.0577. The van der Waals surface area contributed by atoms with Crippen LogP contribution in [0, 0.1) is 22.9 Å². The predicted octanol–water partition coefficient (Wildman–Crippen LogP) is 1.40. The zero-order chi connectivity index (χ0) is 17.1. The average Bonchev–Trinajstić information content (AvgIpc) is 2.52. The largest absolute Gasteiger partial charge is 0.384 e. The van der Waals surface area contributed by atoms with Crippen molar-refractivity contribution in [3.05, 3.63) is 29.6 Å². The number of sulfonamides is 1. The van der Waals surface area contributed by atoms with Crippen molar-refractivity contribution in [3.8, 4) is 0 Å². The number of methoxy groups -OCH3 is 1. The molecule has 1 heterocycles. The van der Waals surface area contributed by atoms with Gasteiger partial charge in [-0.2, -0.15) is 0 Å². The van der Waals surface area contributed by atoms with E-state index >= 15 is 0 Å². The molecule has 1 saturated heterocycles. The zero-order valence-electron chi connectivity index (χ0n) is 12.7. The molecule has 0 unspecified atom stereocenters. The van der Waals surface area contributed by atoms with E-state index in [0.29, 0.717) is 44.7 Å². The molecule has 0 aromatic heterocycles. The smallest absolute Gasteiger partial charge is 0.243 e. The van der Waals surface area contributed by atoms with Gasteiger partial charge in [-0.3, -0.25) is 0 Å². The summed E-state index contributed by atoms with van der Waals surface area (Å²) in [5.74, 6) is -4.96. The van der Waals surface area contributed by atoms with E-state index in [-0.39, 0.29) is 6.54 Å². The lowest BCUT2D eigenvalue weighted by Crippen LogP contribution is -2.47. The number of hydrogen-bond acceptors (Lipinski definition) is 4. The zero-order valence-corrected chi connectivity index (χ0v) is 13.5. The summed E-state index contributed by atoms with van der Waals surface area (Å²) in [5, 5.41) is 3.17. The average molecular weight is 352 g/mol. The summed E-state index contributed by atoms with van der Waals surface area (Å²) in [6.07, 6.45) is 1.37. The normalized spacial score (nSPS) is 18.1. The van der Waals surface area contributed by atoms with E-state index in [2.05, 4.69) is 10.0 Å². The molecule has 0 saturated carbocycles. The molecule has 2 N–H and O–H groups in total. The first-order valence-corrected chi connectivity index (χ1v) is 8.62. The Morgan fingerprint density at radius 1 is 1.22 bits per heavy atom. The second-order valence-corrected chi connectivity index (χ2v) is 7.42. The molecule has 130 valence electrons. The molecule has 0 spiro atoms. The second-order valence-electron chi connectivity index (χ2n) is 5.68. The fourth-order valence-corrected chi connectivity index (χ4v) is 3.90. The van der Waals surface area contributed by atoms with Gasteiger partial charge in [-0.1, -0.05) is 0 Å². The number of piperidine rings is 1. The van der Waals surface area contributed by atoms with Crippen LogP contribution in [0.2, 0.25) is 0 Å². The molecule has 0 bridgehead atoms. The van der Waals surface area contributed by atoms with Crippen LogP contribution < -0.4 is 10.0 Å². The monoisotopic (exact) mass is 352 g/mol. The first kappa shape index (κ1) is 18.2. The first-order chi connectivity index (χ1) is 10.8. The lowest BCUT2D eigenvalue weighted by Gasteiger charge is -2.37. The highest BCUT2D eigenvalue weighted by molar-refractivity contribution is 7.89. The lowest BCUT2D eigenvalue weighted by atomic mass is 9.80. The van der Waals surface area contributed by atoms with Crippen molar-refractivity contribution in [1.82, 2.24) is 10.0 Å². The number of rotatable bonds is 6. The van der Waals surface area contributed by atoms with Crippen molar-refractivity contribution in [3.63, 3.8) is 0 Å².